The molecule has 0 amide bonds. The van der Waals surface area contributed by atoms with Gasteiger partial charge < -0.3 is 4.52 Å². The van der Waals surface area contributed by atoms with Crippen LogP contribution in [0.1, 0.15) is 5.69 Å². The lowest BCUT2D eigenvalue weighted by molar-refractivity contribution is 0.420. The Bertz CT molecular complexity index is 862. The molecule has 0 aliphatic carbocycles. The van der Waals surface area contributed by atoms with Gasteiger partial charge in [0.1, 0.15) is 5.69 Å². The van der Waals surface area contributed by atoms with Gasteiger partial charge in [-0.3, -0.25) is 4.68 Å². The van der Waals surface area contributed by atoms with E-state index < -0.39 is 0 Å². The number of aromatic nitrogens is 3. The molecule has 0 atom stereocenters. The molecular formula is C17H13N3OS. The third-order valence-electron chi connectivity index (χ3n) is 3.39. The average Bonchev–Trinajstić information content (AvgIpc) is 3.30. The molecule has 0 bridgehead atoms. The second-order valence-electron chi connectivity index (χ2n) is 4.95. The Hall–Kier alpha value is -2.66. The van der Waals surface area contributed by atoms with Crippen LogP contribution in [-0.4, -0.2) is 14.9 Å². The van der Waals surface area contributed by atoms with Crippen molar-refractivity contribution in [3.63, 3.8) is 0 Å². The minimum Gasteiger partial charge on any atom is -0.355 e. The van der Waals surface area contributed by atoms with Crippen molar-refractivity contribution in [2.45, 2.75) is 6.54 Å². The molecule has 0 saturated heterocycles. The molecule has 0 saturated carbocycles. The molecule has 3 aromatic heterocycles. The van der Waals surface area contributed by atoms with Gasteiger partial charge in [-0.1, -0.05) is 41.6 Å². The van der Waals surface area contributed by atoms with Crippen LogP contribution in [0.3, 0.4) is 0 Å². The van der Waals surface area contributed by atoms with Crippen LogP contribution in [0, 0.1) is 0 Å². The van der Waals surface area contributed by atoms with Gasteiger partial charge >= 0.3 is 0 Å². The maximum Gasteiger partial charge on any atom is 0.177 e. The van der Waals surface area contributed by atoms with E-state index in [0.717, 1.165) is 27.5 Å². The van der Waals surface area contributed by atoms with Gasteiger partial charge in [-0.15, -0.1) is 11.3 Å². The van der Waals surface area contributed by atoms with Crippen molar-refractivity contribution in [3.8, 4) is 21.8 Å². The van der Waals surface area contributed by atoms with E-state index >= 15 is 0 Å². The Balaban J connectivity index is 1.54. The molecule has 3 heterocycles. The maximum atomic E-state index is 5.39. The fourth-order valence-electron chi connectivity index (χ4n) is 2.32. The zero-order valence-corrected chi connectivity index (χ0v) is 12.5. The van der Waals surface area contributed by atoms with Crippen LogP contribution in [0.4, 0.5) is 0 Å². The molecule has 4 aromatic rings. The first-order valence-corrected chi connectivity index (χ1v) is 7.84. The first-order valence-electron chi connectivity index (χ1n) is 6.96. The van der Waals surface area contributed by atoms with E-state index in [4.69, 9.17) is 4.52 Å². The standard InChI is InChI=1S/C17H13N3OS/c1-2-5-13(6-3-1)14-10-18-20(11-14)12-15-9-16(21-19-15)17-7-4-8-22-17/h1-11H,12H2. The van der Waals surface area contributed by atoms with Crippen molar-refractivity contribution in [1.29, 1.82) is 0 Å². The van der Waals surface area contributed by atoms with E-state index in [2.05, 4.69) is 22.4 Å². The van der Waals surface area contributed by atoms with Crippen LogP contribution >= 0.6 is 11.3 Å². The summed E-state index contributed by atoms with van der Waals surface area (Å²) in [6, 6.07) is 16.2. The van der Waals surface area contributed by atoms with E-state index in [-0.39, 0.29) is 0 Å². The second-order valence-corrected chi connectivity index (χ2v) is 5.90. The van der Waals surface area contributed by atoms with Crippen molar-refractivity contribution >= 4 is 11.3 Å². The second kappa shape index (κ2) is 5.61. The fourth-order valence-corrected chi connectivity index (χ4v) is 2.99. The van der Waals surface area contributed by atoms with Crippen LogP contribution in [0.15, 0.2) is 70.8 Å². The minimum absolute atomic E-state index is 0.599. The highest BCUT2D eigenvalue weighted by Gasteiger charge is 2.09. The molecule has 22 heavy (non-hydrogen) atoms. The Labute approximate surface area is 131 Å². The summed E-state index contributed by atoms with van der Waals surface area (Å²) in [6.45, 7) is 0.599. The van der Waals surface area contributed by atoms with E-state index in [9.17, 15) is 0 Å². The van der Waals surface area contributed by atoms with Crippen LogP contribution in [0.25, 0.3) is 21.8 Å². The summed E-state index contributed by atoms with van der Waals surface area (Å²) >= 11 is 1.64. The molecule has 1 aromatic carbocycles. The van der Waals surface area contributed by atoms with E-state index in [1.807, 2.05) is 58.9 Å². The molecule has 0 radical (unpaired) electrons. The Morgan fingerprint density at radius 2 is 1.95 bits per heavy atom. The third-order valence-corrected chi connectivity index (χ3v) is 4.27. The first-order chi connectivity index (χ1) is 10.9. The van der Waals surface area contributed by atoms with Crippen molar-refractivity contribution < 1.29 is 4.52 Å². The van der Waals surface area contributed by atoms with Gasteiger partial charge in [-0.25, -0.2) is 0 Å². The molecule has 0 fully saturated rings. The van der Waals surface area contributed by atoms with Crippen LogP contribution in [0.2, 0.25) is 0 Å². The summed E-state index contributed by atoms with van der Waals surface area (Å²) in [5, 5.41) is 10.5. The monoisotopic (exact) mass is 307 g/mol. The predicted octanol–water partition coefficient (Wildman–Crippen LogP) is 4.31. The Morgan fingerprint density at radius 1 is 1.05 bits per heavy atom. The highest BCUT2D eigenvalue weighted by Crippen LogP contribution is 2.25. The third kappa shape index (κ3) is 2.58. The molecule has 0 aliphatic heterocycles. The summed E-state index contributed by atoms with van der Waals surface area (Å²) in [6.07, 6.45) is 3.89. The van der Waals surface area contributed by atoms with E-state index in [1.165, 1.54) is 0 Å². The smallest absolute Gasteiger partial charge is 0.177 e. The van der Waals surface area contributed by atoms with Gasteiger partial charge in [0, 0.05) is 17.8 Å². The van der Waals surface area contributed by atoms with Gasteiger partial charge in [-0.05, 0) is 17.0 Å². The van der Waals surface area contributed by atoms with Crippen molar-refractivity contribution in [1.82, 2.24) is 14.9 Å². The average molecular weight is 307 g/mol. The lowest BCUT2D eigenvalue weighted by Gasteiger charge is -1.96. The number of benzene rings is 1. The topological polar surface area (TPSA) is 43.9 Å². The summed E-state index contributed by atoms with van der Waals surface area (Å²) in [5.74, 6) is 0.806. The van der Waals surface area contributed by atoms with Gasteiger partial charge in [-0.2, -0.15) is 5.10 Å². The van der Waals surface area contributed by atoms with Crippen molar-refractivity contribution in [3.05, 3.63) is 72.0 Å². The zero-order chi connectivity index (χ0) is 14.8. The minimum atomic E-state index is 0.599. The predicted molar refractivity (Wildman–Crippen MR) is 86.6 cm³/mol. The molecule has 0 spiro atoms. The number of rotatable bonds is 4. The van der Waals surface area contributed by atoms with Crippen LogP contribution in [0.5, 0.6) is 0 Å². The summed E-state index contributed by atoms with van der Waals surface area (Å²) in [7, 11) is 0. The molecule has 108 valence electrons. The lowest BCUT2D eigenvalue weighted by atomic mass is 10.1. The highest BCUT2D eigenvalue weighted by molar-refractivity contribution is 7.13. The van der Waals surface area contributed by atoms with Gasteiger partial charge in [0.25, 0.3) is 0 Å². The zero-order valence-electron chi connectivity index (χ0n) is 11.7. The molecule has 0 N–H and O–H groups in total. The quantitative estimate of drug-likeness (QED) is 0.564. The molecular weight excluding hydrogens is 294 g/mol. The summed E-state index contributed by atoms with van der Waals surface area (Å²) < 4.78 is 7.27. The van der Waals surface area contributed by atoms with Crippen molar-refractivity contribution in [2.24, 2.45) is 0 Å². The largest absolute Gasteiger partial charge is 0.355 e. The normalized spacial score (nSPS) is 10.9. The number of thiophene rings is 1. The maximum absolute atomic E-state index is 5.39. The highest BCUT2D eigenvalue weighted by atomic mass is 32.1. The summed E-state index contributed by atoms with van der Waals surface area (Å²) in [5.41, 5.74) is 3.13. The molecule has 0 unspecified atom stereocenters. The number of hydrogen-bond donors (Lipinski definition) is 0. The van der Waals surface area contributed by atoms with Crippen LogP contribution < -0.4 is 0 Å². The lowest BCUT2D eigenvalue weighted by Crippen LogP contribution is -1.99. The van der Waals surface area contributed by atoms with E-state index in [0.29, 0.717) is 6.54 Å². The Kier molecular flexibility index (Phi) is 3.33. The Morgan fingerprint density at radius 3 is 2.77 bits per heavy atom. The van der Waals surface area contributed by atoms with Crippen LogP contribution in [-0.2, 0) is 6.54 Å². The van der Waals surface area contributed by atoms with Gasteiger partial charge in [0.15, 0.2) is 5.76 Å². The van der Waals surface area contributed by atoms with Crippen molar-refractivity contribution in [2.75, 3.05) is 0 Å². The summed E-state index contributed by atoms with van der Waals surface area (Å²) in [4.78, 5) is 1.09. The van der Waals surface area contributed by atoms with Gasteiger partial charge in [0.2, 0.25) is 0 Å². The molecule has 5 heteroatoms. The number of hydrogen-bond acceptors (Lipinski definition) is 4. The molecule has 0 aliphatic rings. The first kappa shape index (κ1) is 13.0. The molecule has 4 nitrogen and oxygen atoms in total. The van der Waals surface area contributed by atoms with E-state index in [1.54, 1.807) is 11.3 Å². The number of nitrogens with zero attached hydrogens (tertiary/aromatic N) is 3. The SMILES string of the molecule is c1ccc(-c2cnn(Cc3cc(-c4cccs4)on3)c2)cc1. The van der Waals surface area contributed by atoms with Gasteiger partial charge in [0.05, 0.1) is 17.6 Å². The molecule has 4 rings (SSSR count). The fraction of sp³-hybridized carbons (Fsp3) is 0.0588.